The molecule has 0 spiro atoms. The second kappa shape index (κ2) is 6.91. The molecular formula is C19H23ClN2O4. The van der Waals surface area contributed by atoms with Crippen LogP contribution < -0.4 is 10.6 Å². The average molecular weight is 379 g/mol. The number of rotatable bonds is 5. The highest BCUT2D eigenvalue weighted by molar-refractivity contribution is 6.34. The summed E-state index contributed by atoms with van der Waals surface area (Å²) in [5.41, 5.74) is 0.247. The quantitative estimate of drug-likeness (QED) is 0.732. The molecule has 7 heteroatoms. The highest BCUT2D eigenvalue weighted by Crippen LogP contribution is 2.58. The smallest absolute Gasteiger partial charge is 0.307 e. The Balaban J connectivity index is 1.65. The van der Waals surface area contributed by atoms with E-state index in [2.05, 4.69) is 10.6 Å². The molecule has 2 aliphatic carbocycles. The molecule has 0 aromatic heterocycles. The zero-order valence-electron chi connectivity index (χ0n) is 14.8. The summed E-state index contributed by atoms with van der Waals surface area (Å²) in [6, 6.07) is 4.91. The van der Waals surface area contributed by atoms with Gasteiger partial charge in [0.25, 0.3) is 5.91 Å². The number of nitrogens with one attached hydrogen (secondary N) is 2. The molecule has 2 saturated carbocycles. The number of carboxylic acid groups (broad SMARTS) is 1. The Morgan fingerprint density at radius 2 is 1.81 bits per heavy atom. The van der Waals surface area contributed by atoms with Gasteiger partial charge in [0, 0.05) is 11.7 Å². The zero-order chi connectivity index (χ0) is 19.1. The lowest BCUT2D eigenvalue weighted by atomic mass is 10.1. The summed E-state index contributed by atoms with van der Waals surface area (Å²) < 4.78 is 0. The van der Waals surface area contributed by atoms with E-state index in [0.717, 1.165) is 25.7 Å². The Morgan fingerprint density at radius 1 is 1.15 bits per heavy atom. The molecule has 2 amide bonds. The van der Waals surface area contributed by atoms with E-state index >= 15 is 0 Å². The molecule has 6 nitrogen and oxygen atoms in total. The molecular weight excluding hydrogens is 356 g/mol. The average Bonchev–Trinajstić information content (AvgIpc) is 2.88. The fourth-order valence-corrected chi connectivity index (χ4v) is 4.18. The zero-order valence-corrected chi connectivity index (χ0v) is 15.6. The summed E-state index contributed by atoms with van der Waals surface area (Å²) in [6.07, 6.45) is 4.22. The van der Waals surface area contributed by atoms with Crippen molar-refractivity contribution in [3.05, 3.63) is 28.8 Å². The number of amides is 2. The molecule has 0 aliphatic heterocycles. The molecule has 0 bridgehead atoms. The Bertz CT molecular complexity index is 756. The van der Waals surface area contributed by atoms with Crippen molar-refractivity contribution >= 4 is 35.1 Å². The van der Waals surface area contributed by atoms with Crippen LogP contribution in [0.5, 0.6) is 0 Å². The summed E-state index contributed by atoms with van der Waals surface area (Å²) in [4.78, 5) is 35.9. The first-order valence-electron chi connectivity index (χ1n) is 8.86. The van der Waals surface area contributed by atoms with E-state index < -0.39 is 23.2 Å². The normalized spacial score (nSPS) is 24.1. The summed E-state index contributed by atoms with van der Waals surface area (Å²) >= 11 is 6.22. The first-order valence-corrected chi connectivity index (χ1v) is 9.23. The number of carboxylic acids is 1. The summed E-state index contributed by atoms with van der Waals surface area (Å²) in [5, 5.41) is 15.1. The highest BCUT2D eigenvalue weighted by Gasteiger charge is 2.65. The third-order valence-electron chi connectivity index (χ3n) is 5.55. The van der Waals surface area contributed by atoms with Crippen LogP contribution in [0.25, 0.3) is 0 Å². The SMILES string of the molecule is CC1(C)[C@H](C(=O)O)[C@H]1C(=O)Nc1ccc(C(=O)NC2CCCC2)c(Cl)c1. The van der Waals surface area contributed by atoms with Gasteiger partial charge in [-0.3, -0.25) is 14.4 Å². The van der Waals surface area contributed by atoms with Crippen LogP contribution in [-0.4, -0.2) is 28.9 Å². The van der Waals surface area contributed by atoms with Crippen LogP contribution in [0.2, 0.25) is 5.02 Å². The third-order valence-corrected chi connectivity index (χ3v) is 5.86. The number of carbonyl (C=O) groups excluding carboxylic acids is 2. The van der Waals surface area contributed by atoms with Crippen molar-refractivity contribution in [3.63, 3.8) is 0 Å². The summed E-state index contributed by atoms with van der Waals surface area (Å²) in [5.74, 6) is -2.79. The Hall–Kier alpha value is -2.08. The number of benzene rings is 1. The second-order valence-electron chi connectivity index (χ2n) is 7.75. The van der Waals surface area contributed by atoms with E-state index in [0.29, 0.717) is 11.3 Å². The van der Waals surface area contributed by atoms with Crippen LogP contribution in [-0.2, 0) is 9.59 Å². The number of anilines is 1. The van der Waals surface area contributed by atoms with E-state index in [1.807, 2.05) is 0 Å². The van der Waals surface area contributed by atoms with Crippen LogP contribution in [0.15, 0.2) is 18.2 Å². The van der Waals surface area contributed by atoms with Crippen molar-refractivity contribution in [2.24, 2.45) is 17.3 Å². The molecule has 1 aromatic rings. The summed E-state index contributed by atoms with van der Waals surface area (Å²) in [6.45, 7) is 3.53. The van der Waals surface area contributed by atoms with Gasteiger partial charge in [-0.25, -0.2) is 0 Å². The lowest BCUT2D eigenvalue weighted by Gasteiger charge is -2.13. The van der Waals surface area contributed by atoms with Gasteiger partial charge >= 0.3 is 5.97 Å². The lowest BCUT2D eigenvalue weighted by Crippen LogP contribution is -2.32. The van der Waals surface area contributed by atoms with Gasteiger partial charge in [-0.05, 0) is 36.5 Å². The number of halogens is 1. The molecule has 140 valence electrons. The van der Waals surface area contributed by atoms with Crippen molar-refractivity contribution in [2.45, 2.75) is 45.6 Å². The maximum absolute atomic E-state index is 12.4. The first-order chi connectivity index (χ1) is 12.2. The van der Waals surface area contributed by atoms with Crippen LogP contribution in [0.1, 0.15) is 49.9 Å². The van der Waals surface area contributed by atoms with Gasteiger partial charge in [0.15, 0.2) is 0 Å². The van der Waals surface area contributed by atoms with E-state index in [1.165, 1.54) is 6.07 Å². The van der Waals surface area contributed by atoms with E-state index in [9.17, 15) is 19.5 Å². The van der Waals surface area contributed by atoms with Crippen molar-refractivity contribution in [1.82, 2.24) is 5.32 Å². The number of aliphatic carboxylic acids is 1. The van der Waals surface area contributed by atoms with Gasteiger partial charge in [0.2, 0.25) is 5.91 Å². The maximum Gasteiger partial charge on any atom is 0.307 e. The topological polar surface area (TPSA) is 95.5 Å². The molecule has 26 heavy (non-hydrogen) atoms. The molecule has 3 N–H and O–H groups in total. The predicted molar refractivity (Wildman–Crippen MR) is 98.2 cm³/mol. The molecule has 2 aliphatic rings. The minimum atomic E-state index is -0.966. The van der Waals surface area contributed by atoms with Gasteiger partial charge in [-0.15, -0.1) is 0 Å². The van der Waals surface area contributed by atoms with Gasteiger partial charge in [-0.2, -0.15) is 0 Å². The van der Waals surface area contributed by atoms with Crippen molar-refractivity contribution in [3.8, 4) is 0 Å². The maximum atomic E-state index is 12.4. The minimum Gasteiger partial charge on any atom is -0.481 e. The van der Waals surface area contributed by atoms with Crippen LogP contribution >= 0.6 is 11.6 Å². The van der Waals surface area contributed by atoms with Crippen molar-refractivity contribution in [1.29, 1.82) is 0 Å². The predicted octanol–water partition coefficient (Wildman–Crippen LogP) is 3.31. The van der Waals surface area contributed by atoms with Crippen LogP contribution in [0.4, 0.5) is 5.69 Å². The Labute approximate surface area is 157 Å². The van der Waals surface area contributed by atoms with E-state index in [4.69, 9.17) is 11.6 Å². The molecule has 2 atom stereocenters. The second-order valence-corrected chi connectivity index (χ2v) is 8.16. The van der Waals surface area contributed by atoms with Crippen molar-refractivity contribution in [2.75, 3.05) is 5.32 Å². The van der Waals surface area contributed by atoms with E-state index in [1.54, 1.807) is 26.0 Å². The Kier molecular flexibility index (Phi) is 4.97. The summed E-state index contributed by atoms with van der Waals surface area (Å²) in [7, 11) is 0. The molecule has 0 heterocycles. The lowest BCUT2D eigenvalue weighted by molar-refractivity contribution is -0.140. The number of carbonyl (C=O) groups is 3. The molecule has 0 saturated heterocycles. The fraction of sp³-hybridized carbons (Fsp3) is 0.526. The molecule has 3 rings (SSSR count). The molecule has 0 radical (unpaired) electrons. The molecule has 1 aromatic carbocycles. The highest BCUT2D eigenvalue weighted by atomic mass is 35.5. The van der Waals surface area contributed by atoms with Crippen LogP contribution in [0, 0.1) is 17.3 Å². The monoisotopic (exact) mass is 378 g/mol. The number of hydrogen-bond donors (Lipinski definition) is 3. The van der Waals surface area contributed by atoms with Gasteiger partial charge in [0.1, 0.15) is 0 Å². The first kappa shape index (κ1) is 18.7. The third kappa shape index (κ3) is 3.56. The molecule has 2 fully saturated rings. The van der Waals surface area contributed by atoms with Crippen LogP contribution in [0.3, 0.4) is 0 Å². The molecule has 0 unspecified atom stereocenters. The van der Waals surface area contributed by atoms with E-state index in [-0.39, 0.29) is 22.9 Å². The van der Waals surface area contributed by atoms with Gasteiger partial charge in [0.05, 0.1) is 22.4 Å². The Morgan fingerprint density at radius 3 is 2.35 bits per heavy atom. The van der Waals surface area contributed by atoms with Crippen molar-refractivity contribution < 1.29 is 19.5 Å². The van der Waals surface area contributed by atoms with Gasteiger partial charge < -0.3 is 15.7 Å². The van der Waals surface area contributed by atoms with Gasteiger partial charge in [-0.1, -0.05) is 38.3 Å². The largest absolute Gasteiger partial charge is 0.481 e. The fourth-order valence-electron chi connectivity index (χ4n) is 3.92. The number of hydrogen-bond acceptors (Lipinski definition) is 3. The standard InChI is InChI=1S/C19H23ClN2O4/c1-19(2)14(15(19)18(25)26)17(24)22-11-7-8-12(13(20)9-11)16(23)21-10-5-3-4-6-10/h7-10,14-15H,3-6H2,1-2H3,(H,21,23)(H,22,24)(H,25,26)/t14-,15-/m0/s1. The minimum absolute atomic E-state index is 0.197.